The highest BCUT2D eigenvalue weighted by Crippen LogP contribution is 2.32. The molecule has 0 atom stereocenters. The van der Waals surface area contributed by atoms with Crippen LogP contribution >= 0.6 is 0 Å². The number of unbranched alkanes of at least 4 members (excludes halogenated alkanes) is 1. The number of hydrogen-bond acceptors (Lipinski definition) is 5. The molecule has 0 saturated heterocycles. The maximum absolute atomic E-state index is 14.6. The zero-order chi connectivity index (χ0) is 24.0. The number of allylic oxidation sites excluding steroid dienone is 1. The largest absolute Gasteiger partial charge is 0.308 e. The van der Waals surface area contributed by atoms with Crippen LogP contribution in [0.2, 0.25) is 0 Å². The van der Waals surface area contributed by atoms with Crippen molar-refractivity contribution in [3.05, 3.63) is 71.8 Å². The summed E-state index contributed by atoms with van der Waals surface area (Å²) in [4.78, 5) is 4.17. The standard InChI is InChI=1S/C25H27F2N7/c1-3-5-11-22-28-24(25(26,27)16-6-4-2)31-34(22)17-18-12-14-19(15-13-18)20-9-7-8-10-21(20)23-29-32-33-30-23/h5,7-15H,3-4,6,16-17H2,1-2H3,(H,29,30,32,33)/b11-5+. The van der Waals surface area contributed by atoms with Gasteiger partial charge in [-0.2, -0.15) is 14.0 Å². The Bertz CT molecular complexity index is 1230. The van der Waals surface area contributed by atoms with E-state index in [1.165, 1.54) is 0 Å². The van der Waals surface area contributed by atoms with Gasteiger partial charge in [0.2, 0.25) is 11.6 Å². The van der Waals surface area contributed by atoms with Gasteiger partial charge in [0.05, 0.1) is 6.54 Å². The number of aromatic nitrogens is 7. The van der Waals surface area contributed by atoms with Gasteiger partial charge in [-0.05, 0) is 40.8 Å². The van der Waals surface area contributed by atoms with Crippen molar-refractivity contribution in [2.24, 2.45) is 0 Å². The van der Waals surface area contributed by atoms with E-state index >= 15 is 0 Å². The summed E-state index contributed by atoms with van der Waals surface area (Å²) in [7, 11) is 0. The highest BCUT2D eigenvalue weighted by atomic mass is 19.3. The molecule has 0 amide bonds. The van der Waals surface area contributed by atoms with Crippen molar-refractivity contribution < 1.29 is 8.78 Å². The number of nitrogens with one attached hydrogen (secondary N) is 1. The molecular formula is C25H27F2N7. The number of halogens is 2. The molecule has 34 heavy (non-hydrogen) atoms. The molecule has 9 heteroatoms. The topological polar surface area (TPSA) is 85.2 Å². The summed E-state index contributed by atoms with van der Waals surface area (Å²) in [6.45, 7) is 4.22. The molecule has 0 bridgehead atoms. The molecule has 2 heterocycles. The molecule has 0 spiro atoms. The lowest BCUT2D eigenvalue weighted by atomic mass is 9.98. The molecule has 0 radical (unpaired) electrons. The third kappa shape index (κ3) is 5.24. The summed E-state index contributed by atoms with van der Waals surface area (Å²) >= 11 is 0. The monoisotopic (exact) mass is 463 g/mol. The average molecular weight is 464 g/mol. The number of aromatic amines is 1. The summed E-state index contributed by atoms with van der Waals surface area (Å²) in [5.74, 6) is -2.51. The highest BCUT2D eigenvalue weighted by molar-refractivity contribution is 5.80. The van der Waals surface area contributed by atoms with E-state index in [0.29, 0.717) is 31.0 Å². The van der Waals surface area contributed by atoms with Crippen molar-refractivity contribution in [1.82, 2.24) is 35.4 Å². The number of nitrogens with zero attached hydrogens (tertiary/aromatic N) is 6. The van der Waals surface area contributed by atoms with E-state index in [-0.39, 0.29) is 6.42 Å². The van der Waals surface area contributed by atoms with Crippen molar-refractivity contribution in [3.8, 4) is 22.5 Å². The van der Waals surface area contributed by atoms with Gasteiger partial charge >= 0.3 is 5.92 Å². The lowest BCUT2D eigenvalue weighted by Gasteiger charge is -2.11. The van der Waals surface area contributed by atoms with Crippen molar-refractivity contribution >= 4 is 6.08 Å². The minimum Gasteiger partial charge on any atom is -0.241 e. The van der Waals surface area contributed by atoms with Gasteiger partial charge in [0.1, 0.15) is 0 Å². The van der Waals surface area contributed by atoms with E-state index in [1.54, 1.807) is 10.8 Å². The molecule has 1 N–H and O–H groups in total. The van der Waals surface area contributed by atoms with E-state index in [0.717, 1.165) is 28.7 Å². The summed E-state index contributed by atoms with van der Waals surface area (Å²) < 4.78 is 30.8. The van der Waals surface area contributed by atoms with Crippen molar-refractivity contribution in [2.75, 3.05) is 0 Å². The molecule has 0 aliphatic rings. The van der Waals surface area contributed by atoms with Crippen LogP contribution in [-0.2, 0) is 12.5 Å². The number of tetrazole rings is 1. The van der Waals surface area contributed by atoms with Gasteiger partial charge in [0.25, 0.3) is 0 Å². The Hall–Kier alpha value is -3.75. The Morgan fingerprint density at radius 1 is 1.03 bits per heavy atom. The van der Waals surface area contributed by atoms with Crippen LogP contribution in [0.5, 0.6) is 0 Å². The smallest absolute Gasteiger partial charge is 0.241 e. The number of rotatable bonds is 10. The van der Waals surface area contributed by atoms with Gasteiger partial charge in [0, 0.05) is 12.0 Å². The molecule has 0 aliphatic carbocycles. The Balaban J connectivity index is 1.60. The van der Waals surface area contributed by atoms with Gasteiger partial charge in [0.15, 0.2) is 5.82 Å². The fourth-order valence-electron chi connectivity index (χ4n) is 3.65. The van der Waals surface area contributed by atoms with Crippen LogP contribution < -0.4 is 0 Å². The number of hydrogen-bond donors (Lipinski definition) is 1. The first-order valence-corrected chi connectivity index (χ1v) is 11.4. The maximum atomic E-state index is 14.6. The minimum atomic E-state index is -3.04. The molecule has 0 saturated carbocycles. The molecule has 0 fully saturated rings. The van der Waals surface area contributed by atoms with E-state index in [4.69, 9.17) is 0 Å². The van der Waals surface area contributed by atoms with Crippen LogP contribution in [0.15, 0.2) is 54.6 Å². The summed E-state index contributed by atoms with van der Waals surface area (Å²) in [5.41, 5.74) is 3.76. The number of H-pyrrole nitrogens is 1. The Morgan fingerprint density at radius 3 is 2.47 bits per heavy atom. The Labute approximate surface area is 196 Å². The first kappa shape index (κ1) is 23.4. The molecule has 0 unspecified atom stereocenters. The lowest BCUT2D eigenvalue weighted by Crippen LogP contribution is -2.16. The molecule has 4 rings (SSSR count). The molecule has 0 aliphatic heterocycles. The second kappa shape index (κ2) is 10.5. The van der Waals surface area contributed by atoms with E-state index in [9.17, 15) is 8.78 Å². The SMILES string of the molecule is CC/C=C/c1nc(C(F)(F)CCCC)nn1Cc1ccc(-c2ccccc2-c2nn[nH]n2)cc1. The second-order valence-corrected chi connectivity index (χ2v) is 8.05. The molecule has 2 aromatic heterocycles. The highest BCUT2D eigenvalue weighted by Gasteiger charge is 2.36. The van der Waals surface area contributed by atoms with Gasteiger partial charge in [-0.1, -0.05) is 74.9 Å². The molecule has 176 valence electrons. The minimum absolute atomic E-state index is 0.251. The van der Waals surface area contributed by atoms with Crippen LogP contribution in [0, 0.1) is 0 Å². The quantitative estimate of drug-likeness (QED) is 0.317. The van der Waals surface area contributed by atoms with Crippen LogP contribution in [0.1, 0.15) is 56.7 Å². The summed E-state index contributed by atoms with van der Waals surface area (Å²) in [5, 5.41) is 18.5. The van der Waals surface area contributed by atoms with Gasteiger partial charge in [-0.3, -0.25) is 0 Å². The van der Waals surface area contributed by atoms with Crippen LogP contribution in [0.25, 0.3) is 28.6 Å². The first-order valence-electron chi connectivity index (χ1n) is 11.4. The van der Waals surface area contributed by atoms with E-state index in [1.807, 2.05) is 68.5 Å². The van der Waals surface area contributed by atoms with Crippen LogP contribution in [0.4, 0.5) is 8.78 Å². The molecular weight excluding hydrogens is 436 g/mol. The fourth-order valence-corrected chi connectivity index (χ4v) is 3.65. The maximum Gasteiger partial charge on any atom is 0.308 e. The first-order chi connectivity index (χ1) is 16.5. The van der Waals surface area contributed by atoms with Crippen LogP contribution in [0.3, 0.4) is 0 Å². The van der Waals surface area contributed by atoms with E-state index < -0.39 is 11.7 Å². The van der Waals surface area contributed by atoms with Crippen molar-refractivity contribution in [1.29, 1.82) is 0 Å². The second-order valence-electron chi connectivity index (χ2n) is 8.05. The fraction of sp³-hybridized carbons (Fsp3) is 0.320. The zero-order valence-corrected chi connectivity index (χ0v) is 19.2. The Kier molecular flexibility index (Phi) is 7.20. The molecule has 4 aromatic rings. The molecule has 7 nitrogen and oxygen atoms in total. The van der Waals surface area contributed by atoms with Crippen LogP contribution in [-0.4, -0.2) is 35.4 Å². The van der Waals surface area contributed by atoms with E-state index in [2.05, 4.69) is 30.7 Å². The van der Waals surface area contributed by atoms with Crippen molar-refractivity contribution in [3.63, 3.8) is 0 Å². The Morgan fingerprint density at radius 2 is 1.79 bits per heavy atom. The van der Waals surface area contributed by atoms with Gasteiger partial charge < -0.3 is 0 Å². The number of alkyl halides is 2. The third-order valence-corrected chi connectivity index (χ3v) is 5.49. The molecule has 2 aromatic carbocycles. The average Bonchev–Trinajstić information content (AvgIpc) is 3.53. The van der Waals surface area contributed by atoms with Gasteiger partial charge in [-0.15, -0.1) is 15.3 Å². The predicted molar refractivity (Wildman–Crippen MR) is 127 cm³/mol. The predicted octanol–water partition coefficient (Wildman–Crippen LogP) is 5.88. The lowest BCUT2D eigenvalue weighted by molar-refractivity contribution is -0.0245. The van der Waals surface area contributed by atoms with Gasteiger partial charge in [-0.25, -0.2) is 9.67 Å². The number of benzene rings is 2. The third-order valence-electron chi connectivity index (χ3n) is 5.49. The normalized spacial score (nSPS) is 12.0. The summed E-state index contributed by atoms with van der Waals surface area (Å²) in [6, 6.07) is 15.7. The van der Waals surface area contributed by atoms with Crippen molar-refractivity contribution in [2.45, 2.75) is 52.0 Å². The zero-order valence-electron chi connectivity index (χ0n) is 19.2. The summed E-state index contributed by atoms with van der Waals surface area (Å²) in [6.07, 6.45) is 5.30.